The topological polar surface area (TPSA) is 20.2 Å². The second-order valence-electron chi connectivity index (χ2n) is 2.70. The Kier molecular flexibility index (Phi) is 4.95. The molecular formula is C9H16O. The molecule has 1 unspecified atom stereocenters. The predicted octanol–water partition coefficient (Wildman–Crippen LogP) is 2.14. The standard InChI is InChI=1S/C9H16O/c1-4-9(7-10)6-5-8(2)3/h4-5,9-10H,1,6-7H2,2-3H3. The molecule has 1 nitrogen and oxygen atoms in total. The van der Waals surface area contributed by atoms with E-state index in [0.29, 0.717) is 0 Å². The smallest absolute Gasteiger partial charge is 0.0496 e. The highest BCUT2D eigenvalue weighted by molar-refractivity contribution is 4.96. The average Bonchev–Trinajstić information content (AvgIpc) is 1.90. The van der Waals surface area contributed by atoms with Crippen molar-refractivity contribution in [3.63, 3.8) is 0 Å². The third kappa shape index (κ3) is 4.33. The van der Waals surface area contributed by atoms with Gasteiger partial charge in [0.05, 0.1) is 0 Å². The van der Waals surface area contributed by atoms with E-state index < -0.39 is 0 Å². The number of aliphatic hydroxyl groups is 1. The second kappa shape index (κ2) is 5.24. The molecule has 0 aromatic carbocycles. The molecule has 0 aliphatic rings. The Morgan fingerprint density at radius 2 is 2.20 bits per heavy atom. The van der Waals surface area contributed by atoms with E-state index in [-0.39, 0.29) is 12.5 Å². The molecular weight excluding hydrogens is 124 g/mol. The number of rotatable bonds is 4. The number of hydrogen-bond acceptors (Lipinski definition) is 1. The van der Waals surface area contributed by atoms with E-state index >= 15 is 0 Å². The van der Waals surface area contributed by atoms with Crippen molar-refractivity contribution in [1.29, 1.82) is 0 Å². The molecule has 1 atom stereocenters. The highest BCUT2D eigenvalue weighted by Gasteiger charge is 1.97. The van der Waals surface area contributed by atoms with Crippen LogP contribution in [0.2, 0.25) is 0 Å². The molecule has 0 heterocycles. The molecule has 0 radical (unpaired) electrons. The van der Waals surface area contributed by atoms with Crippen LogP contribution in [0.1, 0.15) is 20.3 Å². The van der Waals surface area contributed by atoms with Crippen LogP contribution < -0.4 is 0 Å². The molecule has 58 valence electrons. The highest BCUT2D eigenvalue weighted by atomic mass is 16.3. The lowest BCUT2D eigenvalue weighted by Gasteiger charge is -2.03. The Balaban J connectivity index is 3.64. The third-order valence-corrected chi connectivity index (χ3v) is 1.40. The fourth-order valence-corrected chi connectivity index (χ4v) is 0.632. The molecule has 0 amide bonds. The number of aliphatic hydroxyl groups excluding tert-OH is 1. The Morgan fingerprint density at radius 3 is 2.50 bits per heavy atom. The summed E-state index contributed by atoms with van der Waals surface area (Å²) in [4.78, 5) is 0. The van der Waals surface area contributed by atoms with E-state index in [9.17, 15) is 0 Å². The van der Waals surface area contributed by atoms with Crippen molar-refractivity contribution in [2.75, 3.05) is 6.61 Å². The minimum atomic E-state index is 0.202. The summed E-state index contributed by atoms with van der Waals surface area (Å²) in [7, 11) is 0. The maximum absolute atomic E-state index is 8.74. The Labute approximate surface area is 63.1 Å². The fourth-order valence-electron chi connectivity index (χ4n) is 0.632. The van der Waals surface area contributed by atoms with Gasteiger partial charge in [0.15, 0.2) is 0 Å². The first-order valence-electron chi connectivity index (χ1n) is 3.57. The molecule has 0 aromatic rings. The monoisotopic (exact) mass is 140 g/mol. The van der Waals surface area contributed by atoms with Gasteiger partial charge < -0.3 is 5.11 Å². The summed E-state index contributed by atoms with van der Waals surface area (Å²) in [5, 5.41) is 8.74. The molecule has 10 heavy (non-hydrogen) atoms. The Morgan fingerprint density at radius 1 is 1.60 bits per heavy atom. The van der Waals surface area contributed by atoms with E-state index in [4.69, 9.17) is 5.11 Å². The summed E-state index contributed by atoms with van der Waals surface area (Å²) in [6, 6.07) is 0. The van der Waals surface area contributed by atoms with E-state index in [1.54, 1.807) is 6.08 Å². The van der Waals surface area contributed by atoms with Crippen LogP contribution in [0.4, 0.5) is 0 Å². The summed E-state index contributed by atoms with van der Waals surface area (Å²) < 4.78 is 0. The summed E-state index contributed by atoms with van der Waals surface area (Å²) in [5.74, 6) is 0.231. The lowest BCUT2D eigenvalue weighted by atomic mass is 10.1. The summed E-state index contributed by atoms with van der Waals surface area (Å²) in [6.07, 6.45) is 4.81. The Hall–Kier alpha value is -0.560. The first-order valence-corrected chi connectivity index (χ1v) is 3.57. The molecule has 0 spiro atoms. The Bertz CT molecular complexity index is 121. The molecule has 0 saturated heterocycles. The normalized spacial score (nSPS) is 12.3. The lowest BCUT2D eigenvalue weighted by Crippen LogP contribution is -1.99. The summed E-state index contributed by atoms with van der Waals surface area (Å²) >= 11 is 0. The van der Waals surface area contributed by atoms with E-state index in [0.717, 1.165) is 6.42 Å². The minimum Gasteiger partial charge on any atom is -0.396 e. The molecule has 0 rings (SSSR count). The quantitative estimate of drug-likeness (QED) is 0.593. The fraction of sp³-hybridized carbons (Fsp3) is 0.556. The van der Waals surface area contributed by atoms with Crippen LogP contribution in [0.5, 0.6) is 0 Å². The van der Waals surface area contributed by atoms with Crippen LogP contribution in [-0.2, 0) is 0 Å². The van der Waals surface area contributed by atoms with Crippen molar-refractivity contribution in [3.05, 3.63) is 24.3 Å². The highest BCUT2D eigenvalue weighted by Crippen LogP contribution is 2.05. The van der Waals surface area contributed by atoms with Crippen molar-refractivity contribution in [1.82, 2.24) is 0 Å². The lowest BCUT2D eigenvalue weighted by molar-refractivity contribution is 0.254. The SMILES string of the molecule is C=CC(CO)CC=C(C)C. The van der Waals surface area contributed by atoms with Crippen LogP contribution in [0.15, 0.2) is 24.3 Å². The molecule has 0 aliphatic heterocycles. The van der Waals surface area contributed by atoms with Crippen LogP contribution in [0.25, 0.3) is 0 Å². The average molecular weight is 140 g/mol. The largest absolute Gasteiger partial charge is 0.396 e. The van der Waals surface area contributed by atoms with Gasteiger partial charge in [-0.05, 0) is 20.3 Å². The van der Waals surface area contributed by atoms with Gasteiger partial charge >= 0.3 is 0 Å². The zero-order valence-corrected chi connectivity index (χ0v) is 6.80. The van der Waals surface area contributed by atoms with Gasteiger partial charge in [0.2, 0.25) is 0 Å². The molecule has 0 aliphatic carbocycles. The van der Waals surface area contributed by atoms with Crippen molar-refractivity contribution in [2.24, 2.45) is 5.92 Å². The van der Waals surface area contributed by atoms with Gasteiger partial charge in [0, 0.05) is 12.5 Å². The van der Waals surface area contributed by atoms with Gasteiger partial charge in [0.1, 0.15) is 0 Å². The van der Waals surface area contributed by atoms with E-state index in [2.05, 4.69) is 26.5 Å². The van der Waals surface area contributed by atoms with Crippen molar-refractivity contribution < 1.29 is 5.11 Å². The maximum Gasteiger partial charge on any atom is 0.0496 e. The zero-order chi connectivity index (χ0) is 7.98. The van der Waals surface area contributed by atoms with Crippen LogP contribution in [0, 0.1) is 5.92 Å². The molecule has 1 heteroatoms. The molecule has 1 N–H and O–H groups in total. The van der Waals surface area contributed by atoms with Crippen molar-refractivity contribution in [3.8, 4) is 0 Å². The van der Waals surface area contributed by atoms with Crippen molar-refractivity contribution >= 4 is 0 Å². The summed E-state index contributed by atoms with van der Waals surface area (Å²) in [6.45, 7) is 7.93. The number of allylic oxidation sites excluding steroid dienone is 2. The first kappa shape index (κ1) is 9.44. The minimum absolute atomic E-state index is 0.202. The van der Waals surface area contributed by atoms with Crippen LogP contribution >= 0.6 is 0 Å². The van der Waals surface area contributed by atoms with Gasteiger partial charge in [-0.15, -0.1) is 6.58 Å². The van der Waals surface area contributed by atoms with Crippen LogP contribution in [0.3, 0.4) is 0 Å². The van der Waals surface area contributed by atoms with Gasteiger partial charge in [-0.25, -0.2) is 0 Å². The van der Waals surface area contributed by atoms with E-state index in [1.165, 1.54) is 5.57 Å². The molecule has 0 bridgehead atoms. The van der Waals surface area contributed by atoms with Crippen molar-refractivity contribution in [2.45, 2.75) is 20.3 Å². The van der Waals surface area contributed by atoms with Gasteiger partial charge in [-0.3, -0.25) is 0 Å². The number of hydrogen-bond donors (Lipinski definition) is 1. The molecule has 0 saturated carbocycles. The van der Waals surface area contributed by atoms with Gasteiger partial charge in [-0.2, -0.15) is 0 Å². The molecule has 0 fully saturated rings. The molecule has 0 aromatic heterocycles. The third-order valence-electron chi connectivity index (χ3n) is 1.40. The van der Waals surface area contributed by atoms with Gasteiger partial charge in [-0.1, -0.05) is 17.7 Å². The van der Waals surface area contributed by atoms with Crippen LogP contribution in [-0.4, -0.2) is 11.7 Å². The van der Waals surface area contributed by atoms with Gasteiger partial charge in [0.25, 0.3) is 0 Å². The van der Waals surface area contributed by atoms with E-state index in [1.807, 2.05) is 0 Å². The predicted molar refractivity (Wildman–Crippen MR) is 44.8 cm³/mol. The second-order valence-corrected chi connectivity index (χ2v) is 2.70. The zero-order valence-electron chi connectivity index (χ0n) is 6.80. The summed E-state index contributed by atoms with van der Waals surface area (Å²) in [5.41, 5.74) is 1.29. The maximum atomic E-state index is 8.74. The first-order chi connectivity index (χ1) is 4.70.